The van der Waals surface area contributed by atoms with E-state index in [-0.39, 0.29) is 0 Å². The van der Waals surface area contributed by atoms with Gasteiger partial charge in [0.15, 0.2) is 0 Å². The molecule has 0 aliphatic heterocycles. The minimum Gasteiger partial charge on any atom is -0.282 e. The first-order chi connectivity index (χ1) is 7.47. The van der Waals surface area contributed by atoms with Gasteiger partial charge in [-0.05, 0) is 19.1 Å². The minimum atomic E-state index is -3.18. The van der Waals surface area contributed by atoms with Crippen LogP contribution in [0.4, 0.5) is 5.69 Å². The second-order valence-electron chi connectivity index (χ2n) is 2.56. The molecule has 16 heavy (non-hydrogen) atoms. The molecule has 0 unspecified atom stereocenters. The summed E-state index contributed by atoms with van der Waals surface area (Å²) >= 11 is 0. The molecule has 0 saturated heterocycles. The first-order valence-electron chi connectivity index (χ1n) is 5.38. The molecular formula is C11H22N2O2S. The number of sulfonamides is 1. The van der Waals surface area contributed by atoms with Gasteiger partial charge in [-0.1, -0.05) is 27.7 Å². The standard InChI is InChI=1S/C7H10N2O2S.2C2H6/c1-6-3-4-7(5-8-6)9-12(2,10)11;2*1-2/h3-5,9H,1-2H3;2*1-2H3. The first-order valence-corrected chi connectivity index (χ1v) is 7.27. The van der Waals surface area contributed by atoms with Gasteiger partial charge in [0.25, 0.3) is 0 Å². The van der Waals surface area contributed by atoms with E-state index in [1.807, 2.05) is 34.6 Å². The van der Waals surface area contributed by atoms with Gasteiger partial charge in [-0.2, -0.15) is 0 Å². The number of aryl methyl sites for hydroxylation is 1. The Hall–Kier alpha value is -1.10. The van der Waals surface area contributed by atoms with E-state index in [0.29, 0.717) is 5.69 Å². The highest BCUT2D eigenvalue weighted by Gasteiger charge is 2.00. The molecule has 0 saturated carbocycles. The Balaban J connectivity index is 0. The van der Waals surface area contributed by atoms with Crippen molar-refractivity contribution in [3.63, 3.8) is 0 Å². The summed E-state index contributed by atoms with van der Waals surface area (Å²) in [6, 6.07) is 3.41. The van der Waals surface area contributed by atoms with E-state index in [9.17, 15) is 8.42 Å². The maximum atomic E-state index is 10.7. The summed E-state index contributed by atoms with van der Waals surface area (Å²) in [6.07, 6.45) is 2.59. The van der Waals surface area contributed by atoms with E-state index in [1.54, 1.807) is 12.1 Å². The summed E-state index contributed by atoms with van der Waals surface area (Å²) in [5.41, 5.74) is 1.34. The summed E-state index contributed by atoms with van der Waals surface area (Å²) in [5.74, 6) is 0. The number of nitrogens with one attached hydrogen (secondary N) is 1. The van der Waals surface area contributed by atoms with Crippen molar-refractivity contribution >= 4 is 15.7 Å². The van der Waals surface area contributed by atoms with Gasteiger partial charge in [0.2, 0.25) is 10.0 Å². The normalized spacial score (nSPS) is 9.12. The van der Waals surface area contributed by atoms with Crippen molar-refractivity contribution < 1.29 is 8.42 Å². The van der Waals surface area contributed by atoms with Gasteiger partial charge in [0.1, 0.15) is 0 Å². The van der Waals surface area contributed by atoms with Crippen LogP contribution in [0, 0.1) is 6.92 Å². The lowest BCUT2D eigenvalue weighted by atomic mass is 10.4. The van der Waals surface area contributed by atoms with Crippen molar-refractivity contribution in [2.24, 2.45) is 0 Å². The molecule has 1 N–H and O–H groups in total. The Morgan fingerprint density at radius 1 is 1.12 bits per heavy atom. The molecule has 4 nitrogen and oxygen atoms in total. The summed E-state index contributed by atoms with van der Waals surface area (Å²) in [7, 11) is -3.18. The van der Waals surface area contributed by atoms with E-state index in [1.165, 1.54) is 6.20 Å². The molecule has 1 heterocycles. The van der Waals surface area contributed by atoms with Gasteiger partial charge in [0, 0.05) is 5.69 Å². The number of aromatic nitrogens is 1. The van der Waals surface area contributed by atoms with Gasteiger partial charge >= 0.3 is 0 Å². The molecule has 1 aromatic rings. The van der Waals surface area contributed by atoms with Gasteiger partial charge < -0.3 is 0 Å². The average molecular weight is 246 g/mol. The third kappa shape index (κ3) is 9.45. The van der Waals surface area contributed by atoms with Gasteiger partial charge in [-0.3, -0.25) is 9.71 Å². The zero-order valence-electron chi connectivity index (χ0n) is 10.9. The van der Waals surface area contributed by atoms with Crippen LogP contribution in [0.1, 0.15) is 33.4 Å². The maximum Gasteiger partial charge on any atom is 0.229 e. The van der Waals surface area contributed by atoms with Crippen molar-refractivity contribution in [1.82, 2.24) is 4.98 Å². The van der Waals surface area contributed by atoms with Crippen molar-refractivity contribution in [3.05, 3.63) is 24.0 Å². The first kappa shape index (κ1) is 17.3. The predicted octanol–water partition coefficient (Wildman–Crippen LogP) is 2.81. The lowest BCUT2D eigenvalue weighted by Crippen LogP contribution is -2.09. The highest BCUT2D eigenvalue weighted by atomic mass is 32.2. The number of hydrogen-bond donors (Lipinski definition) is 1. The molecule has 0 amide bonds. The topological polar surface area (TPSA) is 59.1 Å². The fourth-order valence-electron chi connectivity index (χ4n) is 0.742. The molecule has 1 rings (SSSR count). The highest BCUT2D eigenvalue weighted by molar-refractivity contribution is 7.92. The Kier molecular flexibility index (Phi) is 9.89. The van der Waals surface area contributed by atoms with E-state index in [0.717, 1.165) is 11.9 Å². The predicted molar refractivity (Wildman–Crippen MR) is 70.1 cm³/mol. The Morgan fingerprint density at radius 2 is 1.62 bits per heavy atom. The fourth-order valence-corrected chi connectivity index (χ4v) is 1.29. The number of nitrogens with zero attached hydrogens (tertiary/aromatic N) is 1. The van der Waals surface area contributed by atoms with Crippen LogP contribution in [0.25, 0.3) is 0 Å². The summed E-state index contributed by atoms with van der Waals surface area (Å²) in [5, 5.41) is 0. The number of rotatable bonds is 2. The van der Waals surface area contributed by atoms with Crippen LogP contribution in [0.2, 0.25) is 0 Å². The second-order valence-corrected chi connectivity index (χ2v) is 4.31. The van der Waals surface area contributed by atoms with E-state index < -0.39 is 10.0 Å². The largest absolute Gasteiger partial charge is 0.282 e. The van der Waals surface area contributed by atoms with Crippen LogP contribution < -0.4 is 4.72 Å². The van der Waals surface area contributed by atoms with Crippen molar-refractivity contribution in [2.45, 2.75) is 34.6 Å². The number of anilines is 1. The molecule has 0 spiro atoms. The smallest absolute Gasteiger partial charge is 0.229 e. The van der Waals surface area contributed by atoms with Gasteiger partial charge in [0.05, 0.1) is 18.1 Å². The van der Waals surface area contributed by atoms with Gasteiger partial charge in [-0.15, -0.1) is 0 Å². The van der Waals surface area contributed by atoms with E-state index in [2.05, 4.69) is 9.71 Å². The van der Waals surface area contributed by atoms with Crippen LogP contribution in [0.3, 0.4) is 0 Å². The third-order valence-electron chi connectivity index (χ3n) is 1.21. The quantitative estimate of drug-likeness (QED) is 0.873. The number of pyridine rings is 1. The zero-order valence-corrected chi connectivity index (χ0v) is 11.7. The molecule has 1 aromatic heterocycles. The third-order valence-corrected chi connectivity index (χ3v) is 1.82. The van der Waals surface area contributed by atoms with Crippen LogP contribution in [0.5, 0.6) is 0 Å². The summed E-state index contributed by atoms with van der Waals surface area (Å²) in [6.45, 7) is 9.84. The molecule has 0 radical (unpaired) electrons. The van der Waals surface area contributed by atoms with Gasteiger partial charge in [-0.25, -0.2) is 8.42 Å². The lowest BCUT2D eigenvalue weighted by Gasteiger charge is -2.01. The molecule has 0 aliphatic rings. The zero-order chi connectivity index (χ0) is 13.2. The maximum absolute atomic E-state index is 10.7. The molecular weight excluding hydrogens is 224 g/mol. The average Bonchev–Trinajstić information content (AvgIpc) is 2.25. The summed E-state index contributed by atoms with van der Waals surface area (Å²) in [4.78, 5) is 3.94. The lowest BCUT2D eigenvalue weighted by molar-refractivity contribution is 0.607. The molecule has 0 aliphatic carbocycles. The van der Waals surface area contributed by atoms with Crippen molar-refractivity contribution in [3.8, 4) is 0 Å². The number of hydrogen-bond acceptors (Lipinski definition) is 3. The van der Waals surface area contributed by atoms with Crippen LogP contribution in [0.15, 0.2) is 18.3 Å². The van der Waals surface area contributed by atoms with Crippen LogP contribution in [-0.2, 0) is 10.0 Å². The molecule has 0 aromatic carbocycles. The second kappa shape index (κ2) is 9.15. The molecule has 0 atom stereocenters. The Bertz CT molecular complexity index is 358. The molecule has 0 bridgehead atoms. The Morgan fingerprint density at radius 3 is 1.94 bits per heavy atom. The summed E-state index contributed by atoms with van der Waals surface area (Å²) < 4.78 is 23.8. The highest BCUT2D eigenvalue weighted by Crippen LogP contribution is 2.06. The Labute approximate surface area is 99.2 Å². The molecule has 94 valence electrons. The molecule has 0 fully saturated rings. The fraction of sp³-hybridized carbons (Fsp3) is 0.545. The van der Waals surface area contributed by atoms with Crippen molar-refractivity contribution in [1.29, 1.82) is 0 Å². The molecule has 5 heteroatoms. The van der Waals surface area contributed by atoms with Crippen molar-refractivity contribution in [2.75, 3.05) is 11.0 Å². The minimum absolute atomic E-state index is 0.489. The van der Waals surface area contributed by atoms with E-state index >= 15 is 0 Å². The SMILES string of the molecule is CC.CC.Cc1ccc(NS(C)(=O)=O)cn1. The monoisotopic (exact) mass is 246 g/mol. The van der Waals surface area contributed by atoms with E-state index in [4.69, 9.17) is 0 Å². The van der Waals surface area contributed by atoms with Crippen LogP contribution >= 0.6 is 0 Å². The van der Waals surface area contributed by atoms with Crippen LogP contribution in [-0.4, -0.2) is 19.7 Å².